The third kappa shape index (κ3) is 1.25. The summed E-state index contributed by atoms with van der Waals surface area (Å²) in [4.78, 5) is 17.8. The second-order valence-corrected chi connectivity index (χ2v) is 4.07. The van der Waals surface area contributed by atoms with Crippen LogP contribution in [0.5, 0.6) is 0 Å². The summed E-state index contributed by atoms with van der Waals surface area (Å²) in [5, 5.41) is 7.21. The van der Waals surface area contributed by atoms with Gasteiger partial charge in [-0.1, -0.05) is 15.9 Å². The van der Waals surface area contributed by atoms with Gasteiger partial charge in [-0.25, -0.2) is 9.89 Å². The quantitative estimate of drug-likeness (QED) is 0.647. The predicted octanol–water partition coefficient (Wildman–Crippen LogP) is 1.56. The molecule has 2 heterocycles. The van der Waals surface area contributed by atoms with Crippen LogP contribution in [0.4, 0.5) is 0 Å². The van der Waals surface area contributed by atoms with Crippen LogP contribution >= 0.6 is 15.9 Å². The number of hydrogen-bond donors (Lipinski definition) is 2. The molecule has 74 valence electrons. The van der Waals surface area contributed by atoms with E-state index in [-0.39, 0.29) is 0 Å². The smallest absolute Gasteiger partial charge is 0.338 e. The zero-order valence-electron chi connectivity index (χ0n) is 7.41. The average Bonchev–Trinajstić information content (AvgIpc) is 2.54. The maximum atomic E-state index is 11.0. The standard InChI is InChI=1S/C9H5BrN4O/c10-4-1-2-6-5(3-4)7-8(11-6)12-9(15)14-13-7/h1-3H,(H2,11,12,14,15). The minimum Gasteiger partial charge on any atom is -0.338 e. The minimum atomic E-state index is -0.451. The molecule has 0 amide bonds. The number of halogens is 1. The summed E-state index contributed by atoms with van der Waals surface area (Å²) in [5.74, 6) is 0. The predicted molar refractivity (Wildman–Crippen MR) is 59.7 cm³/mol. The second kappa shape index (κ2) is 2.90. The first kappa shape index (κ1) is 8.60. The summed E-state index contributed by atoms with van der Waals surface area (Å²) < 4.78 is 0.962. The molecule has 0 aliphatic heterocycles. The molecule has 0 aliphatic carbocycles. The highest BCUT2D eigenvalue weighted by Crippen LogP contribution is 2.24. The van der Waals surface area contributed by atoms with Crippen LogP contribution in [0.25, 0.3) is 22.1 Å². The molecule has 3 aromatic rings. The summed E-state index contributed by atoms with van der Waals surface area (Å²) in [6.45, 7) is 0. The molecule has 15 heavy (non-hydrogen) atoms. The van der Waals surface area contributed by atoms with Crippen LogP contribution in [-0.4, -0.2) is 20.2 Å². The number of hydrogen-bond acceptors (Lipinski definition) is 3. The fourth-order valence-corrected chi connectivity index (χ4v) is 1.92. The van der Waals surface area contributed by atoms with Crippen molar-refractivity contribution in [2.24, 2.45) is 0 Å². The molecule has 0 bridgehead atoms. The van der Waals surface area contributed by atoms with Crippen LogP contribution in [0.2, 0.25) is 0 Å². The zero-order chi connectivity index (χ0) is 10.4. The summed E-state index contributed by atoms with van der Waals surface area (Å²) in [6.07, 6.45) is 0. The molecular formula is C9H5BrN4O. The van der Waals surface area contributed by atoms with Gasteiger partial charge in [0.2, 0.25) is 0 Å². The average molecular weight is 265 g/mol. The Bertz CT molecular complexity index is 715. The monoisotopic (exact) mass is 264 g/mol. The topological polar surface area (TPSA) is 74.4 Å². The van der Waals surface area contributed by atoms with Gasteiger partial charge in [-0.3, -0.25) is 0 Å². The Morgan fingerprint density at radius 2 is 2.20 bits per heavy atom. The molecule has 3 rings (SSSR count). The Kier molecular flexibility index (Phi) is 1.66. The van der Waals surface area contributed by atoms with Gasteiger partial charge in [-0.15, -0.1) is 0 Å². The molecule has 0 atom stereocenters. The van der Waals surface area contributed by atoms with Crippen molar-refractivity contribution in [2.45, 2.75) is 0 Å². The Labute approximate surface area is 91.7 Å². The molecule has 0 saturated carbocycles. The number of nitrogens with zero attached hydrogens (tertiary/aromatic N) is 2. The van der Waals surface area contributed by atoms with Crippen LogP contribution < -0.4 is 5.69 Å². The van der Waals surface area contributed by atoms with Crippen molar-refractivity contribution in [1.29, 1.82) is 0 Å². The molecule has 2 aromatic heterocycles. The fourth-order valence-electron chi connectivity index (χ4n) is 1.56. The third-order valence-corrected chi connectivity index (χ3v) is 2.68. The zero-order valence-corrected chi connectivity index (χ0v) is 9.00. The van der Waals surface area contributed by atoms with Crippen molar-refractivity contribution in [3.8, 4) is 0 Å². The van der Waals surface area contributed by atoms with Crippen LogP contribution in [0.1, 0.15) is 0 Å². The van der Waals surface area contributed by atoms with Gasteiger partial charge in [0.15, 0.2) is 5.65 Å². The Morgan fingerprint density at radius 1 is 1.33 bits per heavy atom. The van der Waals surface area contributed by atoms with Gasteiger partial charge in [-0.2, -0.15) is 10.1 Å². The number of aromatic amines is 2. The van der Waals surface area contributed by atoms with E-state index >= 15 is 0 Å². The lowest BCUT2D eigenvalue weighted by Gasteiger charge is -1.90. The summed E-state index contributed by atoms with van der Waals surface area (Å²) in [5.41, 5.74) is 1.64. The van der Waals surface area contributed by atoms with Crippen LogP contribution in [0, 0.1) is 0 Å². The fraction of sp³-hybridized carbons (Fsp3) is 0. The van der Waals surface area contributed by atoms with Gasteiger partial charge >= 0.3 is 5.69 Å². The van der Waals surface area contributed by atoms with Gasteiger partial charge < -0.3 is 4.98 Å². The van der Waals surface area contributed by atoms with Crippen LogP contribution in [0.3, 0.4) is 0 Å². The third-order valence-electron chi connectivity index (χ3n) is 2.19. The SMILES string of the molecule is O=c1nc2[nH]c3ccc(Br)cc3c2n[nH]1. The number of benzene rings is 1. The van der Waals surface area contributed by atoms with Crippen molar-refractivity contribution in [1.82, 2.24) is 20.2 Å². The molecular weight excluding hydrogens is 260 g/mol. The molecule has 0 aliphatic rings. The molecule has 2 N–H and O–H groups in total. The first-order chi connectivity index (χ1) is 7.24. The number of rotatable bonds is 0. The number of fused-ring (bicyclic) bond motifs is 3. The van der Waals surface area contributed by atoms with E-state index in [4.69, 9.17) is 0 Å². The van der Waals surface area contributed by atoms with Gasteiger partial charge in [0, 0.05) is 15.4 Å². The van der Waals surface area contributed by atoms with E-state index in [1.165, 1.54) is 0 Å². The first-order valence-electron chi connectivity index (χ1n) is 4.28. The van der Waals surface area contributed by atoms with Crippen molar-refractivity contribution in [2.75, 3.05) is 0 Å². The van der Waals surface area contributed by atoms with Crippen molar-refractivity contribution in [3.63, 3.8) is 0 Å². The van der Waals surface area contributed by atoms with Gasteiger partial charge in [0.05, 0.1) is 0 Å². The lowest BCUT2D eigenvalue weighted by molar-refractivity contribution is 0.960. The van der Waals surface area contributed by atoms with E-state index in [0.29, 0.717) is 11.2 Å². The molecule has 0 saturated heterocycles. The molecule has 0 fully saturated rings. The maximum absolute atomic E-state index is 11.0. The normalized spacial score (nSPS) is 11.3. The highest BCUT2D eigenvalue weighted by molar-refractivity contribution is 9.10. The molecule has 0 radical (unpaired) electrons. The second-order valence-electron chi connectivity index (χ2n) is 3.15. The lowest BCUT2D eigenvalue weighted by atomic mass is 10.2. The molecule has 0 unspecified atom stereocenters. The Hall–Kier alpha value is -1.69. The molecule has 1 aromatic carbocycles. The summed E-state index contributed by atoms with van der Waals surface area (Å²) in [7, 11) is 0. The van der Waals surface area contributed by atoms with E-state index in [0.717, 1.165) is 15.4 Å². The van der Waals surface area contributed by atoms with E-state index in [2.05, 4.69) is 36.1 Å². The van der Waals surface area contributed by atoms with Gasteiger partial charge in [0.25, 0.3) is 0 Å². The van der Waals surface area contributed by atoms with Gasteiger partial charge in [0.1, 0.15) is 5.52 Å². The van der Waals surface area contributed by atoms with E-state index < -0.39 is 5.69 Å². The number of nitrogens with one attached hydrogen (secondary N) is 2. The van der Waals surface area contributed by atoms with Crippen molar-refractivity contribution in [3.05, 3.63) is 33.2 Å². The van der Waals surface area contributed by atoms with E-state index in [1.807, 2.05) is 18.2 Å². The van der Waals surface area contributed by atoms with Gasteiger partial charge in [-0.05, 0) is 18.2 Å². The van der Waals surface area contributed by atoms with E-state index in [9.17, 15) is 4.79 Å². The Morgan fingerprint density at radius 3 is 3.07 bits per heavy atom. The number of H-pyrrole nitrogens is 2. The van der Waals surface area contributed by atoms with Crippen molar-refractivity contribution < 1.29 is 0 Å². The first-order valence-corrected chi connectivity index (χ1v) is 5.07. The van der Waals surface area contributed by atoms with E-state index in [1.54, 1.807) is 0 Å². The lowest BCUT2D eigenvalue weighted by Crippen LogP contribution is -2.10. The van der Waals surface area contributed by atoms with Crippen LogP contribution in [-0.2, 0) is 0 Å². The van der Waals surface area contributed by atoms with Crippen molar-refractivity contribution >= 4 is 38.0 Å². The molecule has 0 spiro atoms. The Balaban J connectivity index is 2.58. The van der Waals surface area contributed by atoms with Crippen LogP contribution in [0.15, 0.2) is 27.5 Å². The molecule has 6 heteroatoms. The molecule has 5 nitrogen and oxygen atoms in total. The summed E-state index contributed by atoms with van der Waals surface area (Å²) >= 11 is 3.38. The highest BCUT2D eigenvalue weighted by atomic mass is 79.9. The minimum absolute atomic E-state index is 0.451. The largest absolute Gasteiger partial charge is 0.363 e. The maximum Gasteiger partial charge on any atom is 0.363 e. The summed E-state index contributed by atoms with van der Waals surface area (Å²) in [6, 6.07) is 5.76. The number of aromatic nitrogens is 4. The highest BCUT2D eigenvalue weighted by Gasteiger charge is 2.07.